The van der Waals surface area contributed by atoms with Gasteiger partial charge in [-0.1, -0.05) is 6.07 Å². The van der Waals surface area contributed by atoms with Crippen molar-refractivity contribution in [1.29, 1.82) is 0 Å². The molecule has 2 heterocycles. The summed E-state index contributed by atoms with van der Waals surface area (Å²) in [6.45, 7) is 3.91. The summed E-state index contributed by atoms with van der Waals surface area (Å²) in [5.74, 6) is 0.813. The van der Waals surface area contributed by atoms with Gasteiger partial charge in [0.05, 0.1) is 17.1 Å². The first-order valence-corrected chi connectivity index (χ1v) is 5.66. The first kappa shape index (κ1) is 10.2. The lowest BCUT2D eigenvalue weighted by Gasteiger charge is -1.99. The zero-order valence-electron chi connectivity index (χ0n) is 9.86. The van der Waals surface area contributed by atoms with Gasteiger partial charge in [-0.05, 0) is 31.4 Å². The van der Waals surface area contributed by atoms with E-state index in [4.69, 9.17) is 5.73 Å². The van der Waals surface area contributed by atoms with Crippen molar-refractivity contribution in [2.75, 3.05) is 0 Å². The SMILES string of the molecule is Cc1cc2ccc3nc([C@@H](C)N)[nH]c3c2cn1. The molecule has 1 atom stereocenters. The molecule has 3 rings (SSSR count). The minimum atomic E-state index is -0.0872. The van der Waals surface area contributed by atoms with Crippen LogP contribution in [0.5, 0.6) is 0 Å². The summed E-state index contributed by atoms with van der Waals surface area (Å²) < 4.78 is 0. The molecule has 17 heavy (non-hydrogen) atoms. The Kier molecular flexibility index (Phi) is 2.12. The zero-order chi connectivity index (χ0) is 12.0. The molecule has 0 aliphatic rings. The number of hydrogen-bond acceptors (Lipinski definition) is 3. The molecule has 3 aromatic rings. The number of nitrogens with two attached hydrogens (primary N) is 1. The lowest BCUT2D eigenvalue weighted by atomic mass is 10.1. The van der Waals surface area contributed by atoms with E-state index in [1.807, 2.05) is 26.1 Å². The second kappa shape index (κ2) is 3.53. The fourth-order valence-electron chi connectivity index (χ4n) is 2.04. The van der Waals surface area contributed by atoms with Crippen LogP contribution in [-0.4, -0.2) is 15.0 Å². The van der Waals surface area contributed by atoms with Gasteiger partial charge in [-0.25, -0.2) is 4.98 Å². The molecular weight excluding hydrogens is 212 g/mol. The highest BCUT2D eigenvalue weighted by molar-refractivity contribution is 6.03. The van der Waals surface area contributed by atoms with Crippen LogP contribution in [0.25, 0.3) is 21.8 Å². The van der Waals surface area contributed by atoms with E-state index in [2.05, 4.69) is 27.1 Å². The third kappa shape index (κ3) is 1.57. The Labute approximate surface area is 98.9 Å². The van der Waals surface area contributed by atoms with Crippen molar-refractivity contribution in [3.05, 3.63) is 35.9 Å². The summed E-state index contributed by atoms with van der Waals surface area (Å²) in [5, 5.41) is 2.26. The average Bonchev–Trinajstić information content (AvgIpc) is 2.72. The van der Waals surface area contributed by atoms with Crippen LogP contribution < -0.4 is 5.73 Å². The van der Waals surface area contributed by atoms with Crippen molar-refractivity contribution >= 4 is 21.8 Å². The van der Waals surface area contributed by atoms with Gasteiger partial charge in [-0.2, -0.15) is 0 Å². The Bertz CT molecular complexity index is 697. The van der Waals surface area contributed by atoms with E-state index < -0.39 is 0 Å². The summed E-state index contributed by atoms with van der Waals surface area (Å²) in [5.41, 5.74) is 8.81. The van der Waals surface area contributed by atoms with Crippen LogP contribution in [0.1, 0.15) is 24.5 Å². The van der Waals surface area contributed by atoms with Crippen LogP contribution in [0.15, 0.2) is 24.4 Å². The van der Waals surface area contributed by atoms with E-state index >= 15 is 0 Å². The molecule has 4 nitrogen and oxygen atoms in total. The fraction of sp³-hybridized carbons (Fsp3) is 0.231. The Morgan fingerprint density at radius 1 is 1.35 bits per heavy atom. The highest BCUT2D eigenvalue weighted by atomic mass is 15.0. The van der Waals surface area contributed by atoms with Crippen molar-refractivity contribution in [3.63, 3.8) is 0 Å². The number of nitrogens with zero attached hydrogens (tertiary/aromatic N) is 2. The molecule has 3 N–H and O–H groups in total. The number of aromatic nitrogens is 3. The molecule has 0 radical (unpaired) electrons. The molecular formula is C13H14N4. The largest absolute Gasteiger partial charge is 0.340 e. The predicted octanol–water partition coefficient (Wildman–Crippen LogP) is 2.44. The van der Waals surface area contributed by atoms with E-state index in [1.54, 1.807) is 0 Å². The van der Waals surface area contributed by atoms with Gasteiger partial charge in [0.1, 0.15) is 5.82 Å². The van der Waals surface area contributed by atoms with Gasteiger partial charge < -0.3 is 10.7 Å². The maximum atomic E-state index is 5.84. The molecule has 0 aliphatic carbocycles. The second-order valence-electron chi connectivity index (χ2n) is 4.42. The van der Waals surface area contributed by atoms with Crippen LogP contribution in [-0.2, 0) is 0 Å². The molecule has 0 spiro atoms. The molecule has 2 aromatic heterocycles. The number of benzene rings is 1. The van der Waals surface area contributed by atoms with E-state index in [1.165, 1.54) is 5.39 Å². The number of rotatable bonds is 1. The molecule has 0 unspecified atom stereocenters. The highest BCUT2D eigenvalue weighted by Gasteiger charge is 2.09. The molecule has 86 valence electrons. The van der Waals surface area contributed by atoms with Gasteiger partial charge >= 0.3 is 0 Å². The van der Waals surface area contributed by atoms with E-state index in [0.29, 0.717) is 0 Å². The third-order valence-corrected chi connectivity index (χ3v) is 2.94. The molecule has 0 aliphatic heterocycles. The maximum Gasteiger partial charge on any atom is 0.123 e. The quantitative estimate of drug-likeness (QED) is 0.669. The molecule has 1 aromatic carbocycles. The third-order valence-electron chi connectivity index (χ3n) is 2.94. The van der Waals surface area contributed by atoms with Crippen molar-refractivity contribution < 1.29 is 0 Å². The van der Waals surface area contributed by atoms with Gasteiger partial charge in [0.25, 0.3) is 0 Å². The first-order valence-electron chi connectivity index (χ1n) is 5.66. The summed E-state index contributed by atoms with van der Waals surface area (Å²) in [6.07, 6.45) is 1.89. The summed E-state index contributed by atoms with van der Waals surface area (Å²) in [7, 11) is 0. The summed E-state index contributed by atoms with van der Waals surface area (Å²) >= 11 is 0. The summed E-state index contributed by atoms with van der Waals surface area (Å²) in [4.78, 5) is 12.1. The van der Waals surface area contributed by atoms with Gasteiger partial charge in [-0.3, -0.25) is 4.98 Å². The van der Waals surface area contributed by atoms with Gasteiger partial charge in [-0.15, -0.1) is 0 Å². The molecule has 0 saturated carbocycles. The number of nitrogens with one attached hydrogen (secondary N) is 1. The Morgan fingerprint density at radius 3 is 2.94 bits per heavy atom. The number of fused-ring (bicyclic) bond motifs is 3. The fourth-order valence-corrected chi connectivity index (χ4v) is 2.04. The van der Waals surface area contributed by atoms with Crippen molar-refractivity contribution in [2.45, 2.75) is 19.9 Å². The van der Waals surface area contributed by atoms with Gasteiger partial charge in [0.2, 0.25) is 0 Å². The Balaban J connectivity index is 2.38. The van der Waals surface area contributed by atoms with E-state index in [-0.39, 0.29) is 6.04 Å². The molecule has 0 amide bonds. The van der Waals surface area contributed by atoms with Crippen LogP contribution in [0.2, 0.25) is 0 Å². The number of hydrogen-bond donors (Lipinski definition) is 2. The second-order valence-corrected chi connectivity index (χ2v) is 4.42. The standard InChI is InChI=1S/C13H14N4/c1-7-5-9-3-4-11-12(10(9)6-15-7)17-13(16-11)8(2)14/h3-6,8H,14H2,1-2H3,(H,16,17)/t8-/m1/s1. The van der Waals surface area contributed by atoms with E-state index in [0.717, 1.165) is 27.9 Å². The van der Waals surface area contributed by atoms with Gasteiger partial charge in [0, 0.05) is 17.3 Å². The van der Waals surface area contributed by atoms with Crippen LogP contribution >= 0.6 is 0 Å². The van der Waals surface area contributed by atoms with Crippen LogP contribution in [0.4, 0.5) is 0 Å². The Hall–Kier alpha value is -1.94. The number of H-pyrrole nitrogens is 1. The van der Waals surface area contributed by atoms with Crippen molar-refractivity contribution in [2.24, 2.45) is 5.73 Å². The molecule has 0 bridgehead atoms. The number of pyridine rings is 1. The zero-order valence-corrected chi connectivity index (χ0v) is 9.86. The van der Waals surface area contributed by atoms with E-state index in [9.17, 15) is 0 Å². The first-order chi connectivity index (χ1) is 8.15. The molecule has 0 fully saturated rings. The lowest BCUT2D eigenvalue weighted by molar-refractivity contribution is 0.760. The van der Waals surface area contributed by atoms with Crippen LogP contribution in [0.3, 0.4) is 0 Å². The lowest BCUT2D eigenvalue weighted by Crippen LogP contribution is -2.06. The minimum Gasteiger partial charge on any atom is -0.340 e. The summed E-state index contributed by atoms with van der Waals surface area (Å²) in [6, 6.07) is 6.06. The molecule has 0 saturated heterocycles. The normalized spacial score (nSPS) is 13.4. The monoisotopic (exact) mass is 226 g/mol. The topological polar surface area (TPSA) is 67.6 Å². The van der Waals surface area contributed by atoms with Crippen molar-refractivity contribution in [3.8, 4) is 0 Å². The number of imidazole rings is 1. The minimum absolute atomic E-state index is 0.0872. The van der Waals surface area contributed by atoms with Crippen molar-refractivity contribution in [1.82, 2.24) is 15.0 Å². The number of aryl methyl sites for hydroxylation is 1. The highest BCUT2D eigenvalue weighted by Crippen LogP contribution is 2.24. The Morgan fingerprint density at radius 2 is 2.18 bits per heavy atom. The molecule has 4 heteroatoms. The average molecular weight is 226 g/mol. The van der Waals surface area contributed by atoms with Crippen LogP contribution in [0, 0.1) is 6.92 Å². The smallest absolute Gasteiger partial charge is 0.123 e. The maximum absolute atomic E-state index is 5.84. The van der Waals surface area contributed by atoms with Gasteiger partial charge in [0.15, 0.2) is 0 Å². The predicted molar refractivity (Wildman–Crippen MR) is 68.7 cm³/mol. The number of aromatic amines is 1.